The van der Waals surface area contributed by atoms with Crippen molar-refractivity contribution < 1.29 is 13.2 Å². The number of sulfonamides is 1. The molecule has 0 spiro atoms. The van der Waals surface area contributed by atoms with E-state index in [1.165, 1.54) is 15.6 Å². The lowest BCUT2D eigenvalue weighted by Crippen LogP contribution is -2.54. The number of rotatable bonds is 6. The van der Waals surface area contributed by atoms with E-state index >= 15 is 0 Å². The number of benzene rings is 2. The third kappa shape index (κ3) is 4.32. The number of hydrogen-bond donors (Lipinski definition) is 0. The quantitative estimate of drug-likeness (QED) is 0.535. The monoisotopic (exact) mass is 482 g/mol. The fourth-order valence-corrected chi connectivity index (χ4v) is 6.39. The van der Waals surface area contributed by atoms with E-state index in [-0.39, 0.29) is 16.8 Å². The molecule has 0 radical (unpaired) electrons. The SMILES string of the molecule is CCN(CC)S(=O)(=O)c1ccc2c(c1)cc(C(=O)N1CCN(c3cccc(C)c3)[C@H](C)C1)n2C. The maximum Gasteiger partial charge on any atom is 0.270 e. The van der Waals surface area contributed by atoms with Crippen LogP contribution in [0, 0.1) is 6.92 Å². The van der Waals surface area contributed by atoms with Gasteiger partial charge >= 0.3 is 0 Å². The lowest BCUT2D eigenvalue weighted by atomic mass is 10.1. The molecular weight excluding hydrogens is 448 g/mol. The summed E-state index contributed by atoms with van der Waals surface area (Å²) in [4.78, 5) is 18.0. The maximum atomic E-state index is 13.5. The predicted octanol–water partition coefficient (Wildman–Crippen LogP) is 3.87. The molecule has 34 heavy (non-hydrogen) atoms. The third-order valence-corrected chi connectivity index (χ3v) is 8.87. The van der Waals surface area contributed by atoms with Crippen molar-refractivity contribution in [2.24, 2.45) is 7.05 Å². The minimum atomic E-state index is -3.56. The first-order chi connectivity index (χ1) is 16.2. The Morgan fingerprint density at radius 1 is 1.06 bits per heavy atom. The zero-order valence-corrected chi connectivity index (χ0v) is 21.5. The van der Waals surface area contributed by atoms with Crippen LogP contribution in [-0.4, -0.2) is 66.9 Å². The zero-order chi connectivity index (χ0) is 24.6. The average Bonchev–Trinajstić information content (AvgIpc) is 3.15. The highest BCUT2D eigenvalue weighted by atomic mass is 32.2. The molecule has 3 aromatic rings. The van der Waals surface area contributed by atoms with Gasteiger partial charge in [0.05, 0.1) is 4.90 Å². The lowest BCUT2D eigenvalue weighted by Gasteiger charge is -2.41. The Balaban J connectivity index is 1.58. The minimum Gasteiger partial charge on any atom is -0.365 e. The molecule has 0 unspecified atom stereocenters. The molecule has 8 heteroatoms. The predicted molar refractivity (Wildman–Crippen MR) is 137 cm³/mol. The molecule has 1 amide bonds. The number of nitrogens with zero attached hydrogens (tertiary/aromatic N) is 4. The second kappa shape index (κ2) is 9.43. The number of anilines is 1. The van der Waals surface area contributed by atoms with E-state index in [2.05, 4.69) is 43.0 Å². The molecule has 1 fully saturated rings. The van der Waals surface area contributed by atoms with Crippen LogP contribution >= 0.6 is 0 Å². The van der Waals surface area contributed by atoms with Gasteiger partial charge in [-0.1, -0.05) is 26.0 Å². The molecule has 0 bridgehead atoms. The summed E-state index contributed by atoms with van der Waals surface area (Å²) >= 11 is 0. The molecule has 0 N–H and O–H groups in total. The molecule has 1 saturated heterocycles. The summed E-state index contributed by atoms with van der Waals surface area (Å²) in [6.07, 6.45) is 0. The number of fused-ring (bicyclic) bond motifs is 1. The van der Waals surface area contributed by atoms with Crippen LogP contribution in [0.4, 0.5) is 5.69 Å². The van der Waals surface area contributed by atoms with Crippen molar-refractivity contribution in [1.82, 2.24) is 13.8 Å². The first kappa shape index (κ1) is 24.3. The Kier molecular flexibility index (Phi) is 6.73. The topological polar surface area (TPSA) is 65.9 Å². The number of piperazine rings is 1. The maximum absolute atomic E-state index is 13.5. The molecule has 1 aromatic heterocycles. The van der Waals surface area contributed by atoms with Crippen molar-refractivity contribution in [1.29, 1.82) is 0 Å². The summed E-state index contributed by atoms with van der Waals surface area (Å²) in [5.74, 6) is -0.0254. The molecule has 1 atom stereocenters. The van der Waals surface area contributed by atoms with Crippen LogP contribution in [0.5, 0.6) is 0 Å². The number of amides is 1. The Labute approximate surface area is 202 Å². The summed E-state index contributed by atoms with van der Waals surface area (Å²) in [7, 11) is -1.70. The Morgan fingerprint density at radius 3 is 2.44 bits per heavy atom. The second-order valence-electron chi connectivity index (χ2n) is 9.03. The van der Waals surface area contributed by atoms with Gasteiger partial charge in [0, 0.05) is 62.4 Å². The van der Waals surface area contributed by atoms with Gasteiger partial charge in [-0.15, -0.1) is 0 Å². The molecule has 1 aliphatic rings. The summed E-state index contributed by atoms with van der Waals surface area (Å²) in [6, 6.07) is 15.6. The van der Waals surface area contributed by atoms with Crippen LogP contribution in [-0.2, 0) is 17.1 Å². The Morgan fingerprint density at radius 2 is 1.79 bits per heavy atom. The Bertz CT molecular complexity index is 1310. The van der Waals surface area contributed by atoms with Crippen LogP contribution in [0.25, 0.3) is 10.9 Å². The molecule has 2 aromatic carbocycles. The number of hydrogen-bond acceptors (Lipinski definition) is 4. The van der Waals surface area contributed by atoms with Crippen LogP contribution in [0.1, 0.15) is 36.8 Å². The van der Waals surface area contributed by atoms with E-state index in [0.29, 0.717) is 31.9 Å². The first-order valence-electron chi connectivity index (χ1n) is 11.9. The van der Waals surface area contributed by atoms with E-state index < -0.39 is 10.0 Å². The van der Waals surface area contributed by atoms with E-state index in [4.69, 9.17) is 0 Å². The molecule has 7 nitrogen and oxygen atoms in total. The van der Waals surface area contributed by atoms with Crippen molar-refractivity contribution in [3.63, 3.8) is 0 Å². The van der Waals surface area contributed by atoms with Crippen molar-refractivity contribution in [3.8, 4) is 0 Å². The van der Waals surface area contributed by atoms with Gasteiger partial charge < -0.3 is 14.4 Å². The van der Waals surface area contributed by atoms with Crippen molar-refractivity contribution >= 4 is 32.5 Å². The van der Waals surface area contributed by atoms with Gasteiger partial charge in [-0.2, -0.15) is 4.31 Å². The van der Waals surface area contributed by atoms with E-state index in [0.717, 1.165) is 17.4 Å². The number of carbonyl (C=O) groups excluding carboxylic acids is 1. The lowest BCUT2D eigenvalue weighted by molar-refractivity contribution is 0.0717. The van der Waals surface area contributed by atoms with Crippen molar-refractivity contribution in [2.75, 3.05) is 37.6 Å². The molecule has 0 aliphatic carbocycles. The van der Waals surface area contributed by atoms with Gasteiger partial charge in [0.25, 0.3) is 5.91 Å². The molecule has 2 heterocycles. The summed E-state index contributed by atoms with van der Waals surface area (Å²) in [5, 5.41) is 0.755. The van der Waals surface area contributed by atoms with E-state index in [1.54, 1.807) is 18.2 Å². The average molecular weight is 483 g/mol. The Hall–Kier alpha value is -2.84. The van der Waals surface area contributed by atoms with Gasteiger partial charge in [0.2, 0.25) is 10.0 Å². The molecule has 1 aliphatic heterocycles. The first-order valence-corrected chi connectivity index (χ1v) is 13.3. The standard InChI is InChI=1S/C26H34N4O3S/c1-6-29(7-2)34(32,33)23-11-12-24-21(16-23)17-25(27(24)5)26(31)28-13-14-30(20(4)18-28)22-10-8-9-19(3)15-22/h8-12,15-17,20H,6-7,13-14,18H2,1-5H3/t20-/m1/s1. The number of aryl methyl sites for hydroxylation is 2. The summed E-state index contributed by atoms with van der Waals surface area (Å²) in [5.41, 5.74) is 3.82. The van der Waals surface area contributed by atoms with Gasteiger partial charge in [-0.05, 0) is 55.8 Å². The summed E-state index contributed by atoms with van der Waals surface area (Å²) < 4.78 is 29.2. The summed E-state index contributed by atoms with van der Waals surface area (Å²) in [6.45, 7) is 10.8. The molecule has 182 valence electrons. The number of aromatic nitrogens is 1. The van der Waals surface area contributed by atoms with Crippen LogP contribution in [0.2, 0.25) is 0 Å². The smallest absolute Gasteiger partial charge is 0.270 e. The fourth-order valence-electron chi connectivity index (χ4n) is 4.90. The number of carbonyl (C=O) groups is 1. The van der Waals surface area contributed by atoms with Gasteiger partial charge in [0.1, 0.15) is 5.69 Å². The van der Waals surface area contributed by atoms with Gasteiger partial charge in [0.15, 0.2) is 0 Å². The second-order valence-corrected chi connectivity index (χ2v) is 11.0. The van der Waals surface area contributed by atoms with E-state index in [1.807, 2.05) is 36.4 Å². The normalized spacial score (nSPS) is 17.1. The van der Waals surface area contributed by atoms with Crippen molar-refractivity contribution in [3.05, 3.63) is 59.8 Å². The largest absolute Gasteiger partial charge is 0.365 e. The highest BCUT2D eigenvalue weighted by molar-refractivity contribution is 7.89. The zero-order valence-electron chi connectivity index (χ0n) is 20.7. The van der Waals surface area contributed by atoms with Gasteiger partial charge in [-0.3, -0.25) is 4.79 Å². The fraction of sp³-hybridized carbons (Fsp3) is 0.423. The van der Waals surface area contributed by atoms with Crippen LogP contribution in [0.3, 0.4) is 0 Å². The van der Waals surface area contributed by atoms with Gasteiger partial charge in [-0.25, -0.2) is 8.42 Å². The van der Waals surface area contributed by atoms with Crippen molar-refractivity contribution in [2.45, 2.75) is 38.6 Å². The minimum absolute atomic E-state index is 0.0254. The third-order valence-electron chi connectivity index (χ3n) is 6.82. The highest BCUT2D eigenvalue weighted by Crippen LogP contribution is 2.27. The van der Waals surface area contributed by atoms with E-state index in [9.17, 15) is 13.2 Å². The molecule has 4 rings (SSSR count). The van der Waals surface area contributed by atoms with Crippen LogP contribution < -0.4 is 4.90 Å². The highest BCUT2D eigenvalue weighted by Gasteiger charge is 2.29. The molecular formula is C26H34N4O3S. The van der Waals surface area contributed by atoms with Crippen LogP contribution in [0.15, 0.2) is 53.4 Å². The molecule has 0 saturated carbocycles.